The van der Waals surface area contributed by atoms with Gasteiger partial charge in [-0.05, 0) is 19.1 Å². The van der Waals surface area contributed by atoms with Gasteiger partial charge in [-0.25, -0.2) is 0 Å². The second kappa shape index (κ2) is 5.21. The van der Waals surface area contributed by atoms with Crippen molar-refractivity contribution in [3.63, 3.8) is 0 Å². The van der Waals surface area contributed by atoms with E-state index in [1.807, 2.05) is 6.07 Å². The molecule has 0 saturated heterocycles. The lowest BCUT2D eigenvalue weighted by atomic mass is 10.2. The van der Waals surface area contributed by atoms with Gasteiger partial charge in [0.15, 0.2) is 0 Å². The summed E-state index contributed by atoms with van der Waals surface area (Å²) in [6, 6.07) is 3.69. The summed E-state index contributed by atoms with van der Waals surface area (Å²) in [6.45, 7) is 1.85. The Morgan fingerprint density at radius 1 is 1.54 bits per heavy atom. The smallest absolute Gasteiger partial charge is 0.0931 e. The molecule has 1 rings (SSSR count). The first-order valence-corrected chi connectivity index (χ1v) is 5.10. The summed E-state index contributed by atoms with van der Waals surface area (Å²) in [4.78, 5) is 5.09. The lowest BCUT2D eigenvalue weighted by Gasteiger charge is -2.04. The van der Waals surface area contributed by atoms with Crippen LogP contribution in [-0.4, -0.2) is 27.6 Å². The van der Waals surface area contributed by atoms with Gasteiger partial charge in [0.05, 0.1) is 18.4 Å². The highest BCUT2D eigenvalue weighted by atomic mass is 32.2. The van der Waals surface area contributed by atoms with Gasteiger partial charge in [0.25, 0.3) is 0 Å². The minimum Gasteiger partial charge on any atom is -0.396 e. The van der Waals surface area contributed by atoms with E-state index in [0.29, 0.717) is 11.4 Å². The summed E-state index contributed by atoms with van der Waals surface area (Å²) in [5.41, 5.74) is 0.674. The number of thioether (sulfide) groups is 1. The van der Waals surface area contributed by atoms with Crippen molar-refractivity contribution in [1.82, 2.24) is 4.98 Å². The number of rotatable bonds is 4. The van der Waals surface area contributed by atoms with Crippen LogP contribution in [0.25, 0.3) is 0 Å². The molecule has 2 N–H and O–H groups in total. The number of nitrogens with zero attached hydrogens (tertiary/aromatic N) is 1. The highest BCUT2D eigenvalue weighted by Crippen LogP contribution is 2.18. The van der Waals surface area contributed by atoms with Crippen LogP contribution in [0.15, 0.2) is 23.2 Å². The Hall–Kier alpha value is -0.580. The Morgan fingerprint density at radius 3 is 2.77 bits per heavy atom. The fraction of sp³-hybridized carbons (Fsp3) is 0.444. The molecule has 0 amide bonds. The minimum atomic E-state index is -0.517. The summed E-state index contributed by atoms with van der Waals surface area (Å²) in [6.07, 6.45) is 1.19. The maximum absolute atomic E-state index is 9.18. The average Bonchev–Trinajstić information content (AvgIpc) is 2.15. The average molecular weight is 199 g/mol. The predicted molar refractivity (Wildman–Crippen MR) is 52.7 cm³/mol. The van der Waals surface area contributed by atoms with Crippen molar-refractivity contribution in [3.8, 4) is 0 Å². The standard InChI is InChI=1S/C9H13NO2S/c1-7(12)9-3-2-8(6-10-9)13-5-4-11/h2-3,6-7,11-12H,4-5H2,1H3/t7-/m1/s1. The molecule has 0 aliphatic heterocycles. The molecule has 1 aromatic heterocycles. The third-order valence-electron chi connectivity index (χ3n) is 1.55. The van der Waals surface area contributed by atoms with Gasteiger partial charge in [0.1, 0.15) is 0 Å². The van der Waals surface area contributed by atoms with Crippen LogP contribution in [0.1, 0.15) is 18.7 Å². The number of aliphatic hydroxyl groups excluding tert-OH is 2. The molecule has 0 aromatic carbocycles. The number of hydrogen-bond donors (Lipinski definition) is 2. The quantitative estimate of drug-likeness (QED) is 0.716. The van der Waals surface area contributed by atoms with Crippen molar-refractivity contribution >= 4 is 11.8 Å². The molecule has 1 aromatic rings. The Labute approximate surface area is 81.8 Å². The molecule has 3 nitrogen and oxygen atoms in total. The first-order valence-electron chi connectivity index (χ1n) is 4.11. The summed E-state index contributed by atoms with van der Waals surface area (Å²) in [5.74, 6) is 0.676. The van der Waals surface area contributed by atoms with Crippen LogP contribution in [0.4, 0.5) is 0 Å². The van der Waals surface area contributed by atoms with E-state index >= 15 is 0 Å². The van der Waals surface area contributed by atoms with Gasteiger partial charge in [0, 0.05) is 16.8 Å². The van der Waals surface area contributed by atoms with Crippen LogP contribution in [0, 0.1) is 0 Å². The van der Waals surface area contributed by atoms with Gasteiger partial charge < -0.3 is 10.2 Å². The van der Waals surface area contributed by atoms with Gasteiger partial charge in [-0.15, -0.1) is 11.8 Å². The Kier molecular flexibility index (Phi) is 4.21. The van der Waals surface area contributed by atoms with Gasteiger partial charge >= 0.3 is 0 Å². The molecule has 1 heterocycles. The number of aromatic nitrogens is 1. The molecule has 0 bridgehead atoms. The predicted octanol–water partition coefficient (Wildman–Crippen LogP) is 1.22. The van der Waals surface area contributed by atoms with Crippen molar-refractivity contribution < 1.29 is 10.2 Å². The first kappa shape index (κ1) is 10.5. The minimum absolute atomic E-state index is 0.169. The molecule has 0 unspecified atom stereocenters. The van der Waals surface area contributed by atoms with Crippen molar-refractivity contribution in [2.24, 2.45) is 0 Å². The van der Waals surface area contributed by atoms with E-state index in [2.05, 4.69) is 4.98 Å². The van der Waals surface area contributed by atoms with E-state index < -0.39 is 6.10 Å². The third-order valence-corrected chi connectivity index (χ3v) is 2.51. The van der Waals surface area contributed by atoms with E-state index in [1.165, 1.54) is 0 Å². The SMILES string of the molecule is C[C@@H](O)c1ccc(SCCO)cn1. The van der Waals surface area contributed by atoms with Crippen LogP contribution in [0.2, 0.25) is 0 Å². The third kappa shape index (κ3) is 3.34. The molecule has 0 radical (unpaired) electrons. The van der Waals surface area contributed by atoms with Crippen molar-refractivity contribution in [2.45, 2.75) is 17.9 Å². The molecule has 72 valence electrons. The zero-order chi connectivity index (χ0) is 9.68. The molecule has 13 heavy (non-hydrogen) atoms. The lowest BCUT2D eigenvalue weighted by Crippen LogP contribution is -1.94. The Morgan fingerprint density at radius 2 is 2.31 bits per heavy atom. The second-order valence-electron chi connectivity index (χ2n) is 2.67. The summed E-state index contributed by atoms with van der Waals surface area (Å²) < 4.78 is 0. The Bertz CT molecular complexity index is 248. The summed E-state index contributed by atoms with van der Waals surface area (Å²) in [7, 11) is 0. The van der Waals surface area contributed by atoms with Crippen LogP contribution in [0.5, 0.6) is 0 Å². The monoisotopic (exact) mass is 199 g/mol. The molecular weight excluding hydrogens is 186 g/mol. The number of aliphatic hydroxyl groups is 2. The van der Waals surface area contributed by atoms with Crippen molar-refractivity contribution in [3.05, 3.63) is 24.0 Å². The highest BCUT2D eigenvalue weighted by molar-refractivity contribution is 7.99. The second-order valence-corrected chi connectivity index (χ2v) is 3.84. The van der Waals surface area contributed by atoms with E-state index in [0.717, 1.165) is 4.90 Å². The lowest BCUT2D eigenvalue weighted by molar-refractivity contribution is 0.194. The van der Waals surface area contributed by atoms with Crippen LogP contribution in [-0.2, 0) is 0 Å². The molecular formula is C9H13NO2S. The van der Waals surface area contributed by atoms with Crippen molar-refractivity contribution in [2.75, 3.05) is 12.4 Å². The van der Waals surface area contributed by atoms with E-state index in [-0.39, 0.29) is 6.61 Å². The number of pyridine rings is 1. The highest BCUT2D eigenvalue weighted by Gasteiger charge is 2.01. The van der Waals surface area contributed by atoms with Gasteiger partial charge in [-0.3, -0.25) is 4.98 Å². The van der Waals surface area contributed by atoms with E-state index in [4.69, 9.17) is 5.11 Å². The van der Waals surface area contributed by atoms with Gasteiger partial charge in [-0.1, -0.05) is 0 Å². The van der Waals surface area contributed by atoms with Crippen LogP contribution >= 0.6 is 11.8 Å². The van der Waals surface area contributed by atoms with Crippen molar-refractivity contribution in [1.29, 1.82) is 0 Å². The van der Waals surface area contributed by atoms with E-state index in [1.54, 1.807) is 30.9 Å². The normalized spacial score (nSPS) is 12.8. The summed E-state index contributed by atoms with van der Waals surface area (Å²) >= 11 is 1.55. The molecule has 4 heteroatoms. The molecule has 0 aliphatic rings. The maximum atomic E-state index is 9.18. The molecule has 1 atom stereocenters. The first-order chi connectivity index (χ1) is 6.24. The topological polar surface area (TPSA) is 53.4 Å². The Balaban J connectivity index is 2.59. The fourth-order valence-corrected chi connectivity index (χ4v) is 1.51. The van der Waals surface area contributed by atoms with E-state index in [9.17, 15) is 5.11 Å². The van der Waals surface area contributed by atoms with Gasteiger partial charge in [0.2, 0.25) is 0 Å². The molecule has 0 spiro atoms. The zero-order valence-corrected chi connectivity index (χ0v) is 8.29. The maximum Gasteiger partial charge on any atom is 0.0931 e. The molecule has 0 fully saturated rings. The van der Waals surface area contributed by atoms with Crippen LogP contribution in [0.3, 0.4) is 0 Å². The van der Waals surface area contributed by atoms with Crippen LogP contribution < -0.4 is 0 Å². The molecule has 0 aliphatic carbocycles. The number of hydrogen-bond acceptors (Lipinski definition) is 4. The largest absolute Gasteiger partial charge is 0.396 e. The van der Waals surface area contributed by atoms with Gasteiger partial charge in [-0.2, -0.15) is 0 Å². The molecule has 0 saturated carbocycles. The summed E-state index contributed by atoms with van der Waals surface area (Å²) in [5, 5.41) is 17.8. The fourth-order valence-electron chi connectivity index (χ4n) is 0.888. The zero-order valence-electron chi connectivity index (χ0n) is 7.47.